The van der Waals surface area contributed by atoms with Gasteiger partial charge in [-0.3, -0.25) is 4.79 Å². The van der Waals surface area contributed by atoms with Crippen molar-refractivity contribution in [2.24, 2.45) is 5.92 Å². The number of imidazole rings is 1. The highest BCUT2D eigenvalue weighted by molar-refractivity contribution is 7.84. The molecule has 1 aliphatic rings. The number of ether oxygens (including phenoxy) is 2. The number of alkyl halides is 5. The van der Waals surface area contributed by atoms with Gasteiger partial charge in [-0.15, -0.1) is 0 Å². The van der Waals surface area contributed by atoms with Crippen molar-refractivity contribution in [2.75, 3.05) is 13.2 Å². The molecule has 1 aromatic heterocycles. The third-order valence-corrected chi connectivity index (χ3v) is 11.3. The minimum Gasteiger partial charge on any atom is -0.364 e. The van der Waals surface area contributed by atoms with E-state index in [0.717, 1.165) is 19.9 Å². The molecule has 0 spiro atoms. The summed E-state index contributed by atoms with van der Waals surface area (Å²) in [6, 6.07) is 4.78. The van der Waals surface area contributed by atoms with E-state index in [2.05, 4.69) is 29.7 Å². The molecule has 0 saturated heterocycles. The van der Waals surface area contributed by atoms with Crippen molar-refractivity contribution in [2.45, 2.75) is 128 Å². The molecule has 3 atom stereocenters. The Labute approximate surface area is 272 Å². The van der Waals surface area contributed by atoms with Crippen molar-refractivity contribution in [3.63, 3.8) is 0 Å². The molecule has 0 radical (unpaired) electrons. The van der Waals surface area contributed by atoms with Gasteiger partial charge in [-0.25, -0.2) is 22.7 Å². The van der Waals surface area contributed by atoms with Gasteiger partial charge in [0.15, 0.2) is 5.60 Å². The van der Waals surface area contributed by atoms with Gasteiger partial charge in [0.05, 0.1) is 39.4 Å². The minimum atomic E-state index is -4.64. The third-order valence-electron chi connectivity index (χ3n) is 7.96. The molecule has 2 aromatic rings. The summed E-state index contributed by atoms with van der Waals surface area (Å²) in [6.45, 7) is 15.6. The Bertz CT molecular complexity index is 1380. The molecule has 0 bridgehead atoms. The number of nitrogens with zero attached hydrogens (tertiary/aromatic N) is 2. The van der Waals surface area contributed by atoms with Gasteiger partial charge >= 0.3 is 6.18 Å². The fourth-order valence-corrected chi connectivity index (χ4v) is 6.33. The minimum absolute atomic E-state index is 0.0161. The number of halogens is 5. The van der Waals surface area contributed by atoms with Gasteiger partial charge in [-0.1, -0.05) is 25.7 Å². The van der Waals surface area contributed by atoms with Crippen molar-refractivity contribution in [3.8, 4) is 0 Å². The van der Waals surface area contributed by atoms with Crippen molar-refractivity contribution >= 4 is 36.0 Å². The Hall–Kier alpha value is -1.94. The molecule has 1 aliphatic carbocycles. The summed E-state index contributed by atoms with van der Waals surface area (Å²) in [5, 5.41) is 2.86. The van der Waals surface area contributed by atoms with Gasteiger partial charge in [-0.05, 0) is 71.2 Å². The number of nitrogens with one attached hydrogen (secondary N) is 2. The van der Waals surface area contributed by atoms with Crippen LogP contribution in [-0.4, -0.2) is 63.4 Å². The Morgan fingerprint density at radius 3 is 2.33 bits per heavy atom. The first-order chi connectivity index (χ1) is 20.9. The highest BCUT2D eigenvalue weighted by Gasteiger charge is 2.49. The van der Waals surface area contributed by atoms with E-state index < -0.39 is 60.2 Å². The molecule has 2 N–H and O–H groups in total. The standard InChI is InChI=1S/C31H49F5N4O4SSi/c1-20(37-26(41)14-21-16-30(32,33)17-21)22-10-11-25-23(15-22)38-27(40(25)19-43-12-13-46(7,8)9)24(39-45(42)28(2,3)4)18-44-29(5,6)31(34,35)36/h10-11,15,20-21,24,39H,12-14,16-19H2,1-9H3,(H,37,41)/t20-,24+,45-/m1/s1. The topological polar surface area (TPSA) is 94.5 Å². The highest BCUT2D eigenvalue weighted by Crippen LogP contribution is 2.44. The van der Waals surface area contributed by atoms with Crippen LogP contribution in [0.4, 0.5) is 22.0 Å². The molecule has 1 amide bonds. The molecule has 46 heavy (non-hydrogen) atoms. The first kappa shape index (κ1) is 38.5. The number of hydrogen-bond donors (Lipinski definition) is 2. The molecule has 15 heteroatoms. The summed E-state index contributed by atoms with van der Waals surface area (Å²) in [5.41, 5.74) is -0.653. The monoisotopic (exact) mass is 696 g/mol. The molecule has 1 heterocycles. The number of hydrogen-bond acceptors (Lipinski definition) is 5. The van der Waals surface area contributed by atoms with Crippen molar-refractivity contribution in [1.82, 2.24) is 19.6 Å². The lowest BCUT2D eigenvalue weighted by atomic mass is 9.79. The molecular weight excluding hydrogens is 648 g/mol. The van der Waals surface area contributed by atoms with Crippen LogP contribution < -0.4 is 10.0 Å². The molecule has 1 saturated carbocycles. The van der Waals surface area contributed by atoms with Crippen molar-refractivity contribution in [1.29, 1.82) is 0 Å². The summed E-state index contributed by atoms with van der Waals surface area (Å²) >= 11 is 0. The molecule has 0 unspecified atom stereocenters. The average Bonchev–Trinajstić information content (AvgIpc) is 3.23. The fourth-order valence-electron chi connectivity index (χ4n) is 4.79. The largest absolute Gasteiger partial charge is 0.416 e. The molecule has 262 valence electrons. The molecule has 8 nitrogen and oxygen atoms in total. The SMILES string of the molecule is C[C@@H](NC(=O)CC1CC(F)(F)C1)c1ccc2c(c1)nc([C@H](COC(C)(C)C(F)(F)F)N[S@](=O)C(C)(C)C)n2COCC[Si](C)(C)C. The number of aromatic nitrogens is 2. The second-order valence-electron chi connectivity index (χ2n) is 15.0. The number of carbonyl (C=O) groups is 1. The van der Waals surface area contributed by atoms with Crippen LogP contribution in [-0.2, 0) is 32.0 Å². The van der Waals surface area contributed by atoms with Gasteiger partial charge in [0.2, 0.25) is 11.8 Å². The lowest BCUT2D eigenvalue weighted by Gasteiger charge is -2.34. The van der Waals surface area contributed by atoms with Crippen LogP contribution in [0.25, 0.3) is 11.0 Å². The van der Waals surface area contributed by atoms with Gasteiger partial charge < -0.3 is 19.4 Å². The van der Waals surface area contributed by atoms with E-state index in [4.69, 9.17) is 14.5 Å². The Morgan fingerprint density at radius 1 is 1.15 bits per heavy atom. The van der Waals surface area contributed by atoms with E-state index in [0.29, 0.717) is 29.0 Å². The summed E-state index contributed by atoms with van der Waals surface area (Å²) < 4.78 is 96.2. The van der Waals surface area contributed by atoms with Crippen molar-refractivity contribution in [3.05, 3.63) is 29.6 Å². The zero-order chi connectivity index (χ0) is 34.9. The molecule has 1 aromatic carbocycles. The molecular formula is C31H49F5N4O4SSi. The second-order valence-corrected chi connectivity index (χ2v) is 22.6. The van der Waals surface area contributed by atoms with Crippen LogP contribution in [0, 0.1) is 5.92 Å². The third kappa shape index (κ3) is 10.5. The number of benzene rings is 1. The Morgan fingerprint density at radius 2 is 1.78 bits per heavy atom. The number of rotatable bonds is 15. The lowest BCUT2D eigenvalue weighted by molar-refractivity contribution is -0.265. The first-order valence-corrected chi connectivity index (χ1v) is 20.4. The quantitative estimate of drug-likeness (QED) is 0.115. The van der Waals surface area contributed by atoms with Gasteiger partial charge in [0, 0.05) is 33.9 Å². The molecule has 3 rings (SSSR count). The zero-order valence-corrected chi connectivity index (χ0v) is 30.1. The van der Waals surface area contributed by atoms with E-state index in [1.54, 1.807) is 50.5 Å². The van der Waals surface area contributed by atoms with E-state index in [-0.39, 0.29) is 37.8 Å². The highest BCUT2D eigenvalue weighted by atomic mass is 32.2. The van der Waals surface area contributed by atoms with E-state index >= 15 is 0 Å². The smallest absolute Gasteiger partial charge is 0.364 e. The lowest BCUT2D eigenvalue weighted by Crippen LogP contribution is -2.45. The van der Waals surface area contributed by atoms with Crippen LogP contribution in [0.5, 0.6) is 0 Å². The number of amides is 1. The van der Waals surface area contributed by atoms with Crippen LogP contribution in [0.15, 0.2) is 18.2 Å². The molecule has 0 aliphatic heterocycles. The van der Waals surface area contributed by atoms with Gasteiger partial charge in [-0.2, -0.15) is 13.2 Å². The second kappa shape index (κ2) is 14.3. The normalized spacial score (nSPS) is 18.3. The predicted octanol–water partition coefficient (Wildman–Crippen LogP) is 7.41. The van der Waals surface area contributed by atoms with Crippen LogP contribution in [0.2, 0.25) is 25.7 Å². The zero-order valence-electron chi connectivity index (χ0n) is 28.2. The maximum Gasteiger partial charge on any atom is 0.416 e. The Kier molecular flexibility index (Phi) is 11.9. The summed E-state index contributed by atoms with van der Waals surface area (Å²) in [5.74, 6) is -3.08. The van der Waals surface area contributed by atoms with Crippen LogP contribution in [0.3, 0.4) is 0 Å². The summed E-state index contributed by atoms with van der Waals surface area (Å²) in [7, 11) is -3.10. The number of fused-ring (bicyclic) bond motifs is 1. The first-order valence-electron chi connectivity index (χ1n) is 15.5. The summed E-state index contributed by atoms with van der Waals surface area (Å²) in [6.07, 6.45) is -5.21. The van der Waals surface area contributed by atoms with Crippen molar-refractivity contribution < 1.29 is 40.4 Å². The maximum absolute atomic E-state index is 13.7. The average molecular weight is 697 g/mol. The fraction of sp³-hybridized carbons (Fsp3) is 0.742. The van der Waals surface area contributed by atoms with Gasteiger partial charge in [0.25, 0.3) is 0 Å². The van der Waals surface area contributed by atoms with Crippen LogP contribution >= 0.6 is 0 Å². The van der Waals surface area contributed by atoms with E-state index in [1.807, 2.05) is 0 Å². The predicted molar refractivity (Wildman–Crippen MR) is 173 cm³/mol. The molecule has 1 fully saturated rings. The van der Waals surface area contributed by atoms with E-state index in [9.17, 15) is 31.0 Å². The number of carbonyl (C=O) groups excluding carboxylic acids is 1. The summed E-state index contributed by atoms with van der Waals surface area (Å²) in [4.78, 5) is 17.3. The maximum atomic E-state index is 13.7. The Balaban J connectivity index is 1.96. The van der Waals surface area contributed by atoms with Gasteiger partial charge in [0.1, 0.15) is 18.6 Å². The van der Waals surface area contributed by atoms with E-state index in [1.165, 1.54) is 0 Å². The van der Waals surface area contributed by atoms with Crippen LogP contribution in [0.1, 0.15) is 84.3 Å².